The van der Waals surface area contributed by atoms with Crippen molar-refractivity contribution in [2.24, 2.45) is 11.8 Å². The molecular formula is C17H26FN. The largest absolute Gasteiger partial charge is 0.317 e. The third-order valence-corrected chi connectivity index (χ3v) is 4.29. The Morgan fingerprint density at radius 1 is 1.26 bits per heavy atom. The molecule has 1 aliphatic rings. The predicted molar refractivity (Wildman–Crippen MR) is 78.7 cm³/mol. The Bertz CT molecular complexity index is 371. The number of hydrogen-bond donors (Lipinski definition) is 1. The predicted octanol–water partition coefficient (Wildman–Crippen LogP) is 4.17. The number of nitrogens with one attached hydrogen (secondary N) is 1. The third-order valence-electron chi connectivity index (χ3n) is 4.29. The molecule has 1 nitrogen and oxygen atoms in total. The summed E-state index contributed by atoms with van der Waals surface area (Å²) in [5.41, 5.74) is 0.878. The lowest BCUT2D eigenvalue weighted by atomic mass is 9.88. The Labute approximate surface area is 116 Å². The van der Waals surface area contributed by atoms with Crippen molar-refractivity contribution in [3.8, 4) is 0 Å². The van der Waals surface area contributed by atoms with Crippen LogP contribution in [-0.2, 0) is 6.42 Å². The van der Waals surface area contributed by atoms with Crippen molar-refractivity contribution in [2.75, 3.05) is 13.1 Å². The lowest BCUT2D eigenvalue weighted by molar-refractivity contribution is 0.356. The molecule has 2 rings (SSSR count). The highest BCUT2D eigenvalue weighted by Crippen LogP contribution is 2.31. The molecule has 1 aromatic rings. The molecule has 0 aromatic heterocycles. The Hall–Kier alpha value is -0.890. The van der Waals surface area contributed by atoms with Crippen LogP contribution in [0.4, 0.5) is 4.39 Å². The molecule has 1 N–H and O–H groups in total. The van der Waals surface area contributed by atoms with Gasteiger partial charge in [-0.3, -0.25) is 0 Å². The van der Waals surface area contributed by atoms with Crippen molar-refractivity contribution in [1.29, 1.82) is 0 Å². The minimum atomic E-state index is -0.0459. The van der Waals surface area contributed by atoms with E-state index in [9.17, 15) is 4.39 Å². The lowest BCUT2D eigenvalue weighted by Crippen LogP contribution is -2.26. The fourth-order valence-corrected chi connectivity index (χ4v) is 3.28. The Morgan fingerprint density at radius 3 is 2.68 bits per heavy atom. The Balaban J connectivity index is 1.94. The molecule has 106 valence electrons. The normalized spacial score (nSPS) is 17.8. The second-order valence-corrected chi connectivity index (χ2v) is 5.86. The number of benzene rings is 1. The standard InChI is InChI=1S/C17H26FN/c1-2-19-13-15(11-14-7-3-4-8-14)12-16-9-5-6-10-17(16)18/h5-6,9-10,14-15,19H,2-4,7-8,11-13H2,1H3. The molecule has 1 unspecified atom stereocenters. The van der Waals surface area contributed by atoms with Gasteiger partial charge in [-0.05, 0) is 49.4 Å². The zero-order valence-electron chi connectivity index (χ0n) is 12.0. The summed E-state index contributed by atoms with van der Waals surface area (Å²) < 4.78 is 13.8. The highest BCUT2D eigenvalue weighted by atomic mass is 19.1. The molecular weight excluding hydrogens is 237 g/mol. The minimum Gasteiger partial charge on any atom is -0.317 e. The first-order valence-corrected chi connectivity index (χ1v) is 7.73. The number of rotatable bonds is 7. The number of halogens is 1. The molecule has 0 amide bonds. The summed E-state index contributed by atoms with van der Waals surface area (Å²) in [6.45, 7) is 4.15. The molecule has 0 bridgehead atoms. The van der Waals surface area contributed by atoms with Gasteiger partial charge in [0.1, 0.15) is 5.82 Å². The van der Waals surface area contributed by atoms with E-state index in [1.165, 1.54) is 32.1 Å². The van der Waals surface area contributed by atoms with Crippen LogP contribution in [-0.4, -0.2) is 13.1 Å². The van der Waals surface area contributed by atoms with Gasteiger partial charge < -0.3 is 5.32 Å². The van der Waals surface area contributed by atoms with Crippen LogP contribution in [0.15, 0.2) is 24.3 Å². The third kappa shape index (κ3) is 4.61. The molecule has 1 aliphatic carbocycles. The van der Waals surface area contributed by atoms with E-state index in [2.05, 4.69) is 12.2 Å². The van der Waals surface area contributed by atoms with E-state index in [0.717, 1.165) is 31.0 Å². The van der Waals surface area contributed by atoms with Gasteiger partial charge in [0.15, 0.2) is 0 Å². The van der Waals surface area contributed by atoms with Crippen molar-refractivity contribution in [1.82, 2.24) is 5.32 Å². The first kappa shape index (κ1) is 14.5. The maximum absolute atomic E-state index is 13.8. The van der Waals surface area contributed by atoms with E-state index in [1.807, 2.05) is 12.1 Å². The smallest absolute Gasteiger partial charge is 0.126 e. The van der Waals surface area contributed by atoms with Gasteiger partial charge >= 0.3 is 0 Å². The van der Waals surface area contributed by atoms with Gasteiger partial charge in [-0.15, -0.1) is 0 Å². The SMILES string of the molecule is CCNCC(Cc1ccccc1F)CC1CCCC1. The van der Waals surface area contributed by atoms with E-state index in [4.69, 9.17) is 0 Å². The first-order valence-electron chi connectivity index (χ1n) is 7.73. The maximum Gasteiger partial charge on any atom is 0.126 e. The molecule has 0 aliphatic heterocycles. The summed E-state index contributed by atoms with van der Waals surface area (Å²) in [4.78, 5) is 0. The Morgan fingerprint density at radius 2 is 2.00 bits per heavy atom. The van der Waals surface area contributed by atoms with Crippen LogP contribution in [0.5, 0.6) is 0 Å². The van der Waals surface area contributed by atoms with Gasteiger partial charge in [0.2, 0.25) is 0 Å². The molecule has 2 heteroatoms. The molecule has 0 saturated heterocycles. The summed E-state index contributed by atoms with van der Waals surface area (Å²) in [7, 11) is 0. The average molecular weight is 263 g/mol. The van der Waals surface area contributed by atoms with Crippen LogP contribution in [0.1, 0.15) is 44.6 Å². The van der Waals surface area contributed by atoms with Crippen LogP contribution >= 0.6 is 0 Å². The van der Waals surface area contributed by atoms with Gasteiger partial charge in [0, 0.05) is 0 Å². The zero-order valence-corrected chi connectivity index (χ0v) is 12.0. The van der Waals surface area contributed by atoms with Crippen LogP contribution < -0.4 is 5.32 Å². The van der Waals surface area contributed by atoms with Crippen molar-refractivity contribution in [3.05, 3.63) is 35.6 Å². The molecule has 0 spiro atoms. The monoisotopic (exact) mass is 263 g/mol. The summed E-state index contributed by atoms with van der Waals surface area (Å²) in [5.74, 6) is 1.39. The van der Waals surface area contributed by atoms with Crippen molar-refractivity contribution < 1.29 is 4.39 Å². The maximum atomic E-state index is 13.8. The van der Waals surface area contributed by atoms with E-state index in [-0.39, 0.29) is 5.82 Å². The van der Waals surface area contributed by atoms with Gasteiger partial charge in [0.25, 0.3) is 0 Å². The van der Waals surface area contributed by atoms with E-state index >= 15 is 0 Å². The fourth-order valence-electron chi connectivity index (χ4n) is 3.28. The van der Waals surface area contributed by atoms with Crippen LogP contribution in [0.2, 0.25) is 0 Å². The molecule has 0 radical (unpaired) electrons. The second kappa shape index (κ2) is 7.64. The van der Waals surface area contributed by atoms with E-state index in [0.29, 0.717) is 5.92 Å². The summed E-state index contributed by atoms with van der Waals surface area (Å²) >= 11 is 0. The molecule has 0 heterocycles. The highest BCUT2D eigenvalue weighted by Gasteiger charge is 2.21. The van der Waals surface area contributed by atoms with Crippen molar-refractivity contribution in [2.45, 2.75) is 45.4 Å². The molecule has 1 atom stereocenters. The average Bonchev–Trinajstić information content (AvgIpc) is 2.91. The quantitative estimate of drug-likeness (QED) is 0.778. The first-order chi connectivity index (χ1) is 9.29. The van der Waals surface area contributed by atoms with Crippen LogP contribution in [0.25, 0.3) is 0 Å². The summed E-state index contributed by atoms with van der Waals surface area (Å²) in [5, 5.41) is 3.44. The van der Waals surface area contributed by atoms with E-state index in [1.54, 1.807) is 12.1 Å². The molecule has 19 heavy (non-hydrogen) atoms. The van der Waals surface area contributed by atoms with Gasteiger partial charge in [-0.2, -0.15) is 0 Å². The highest BCUT2D eigenvalue weighted by molar-refractivity contribution is 5.17. The molecule has 1 aromatic carbocycles. The van der Waals surface area contributed by atoms with Crippen LogP contribution in [0.3, 0.4) is 0 Å². The topological polar surface area (TPSA) is 12.0 Å². The number of hydrogen-bond acceptors (Lipinski definition) is 1. The fraction of sp³-hybridized carbons (Fsp3) is 0.647. The lowest BCUT2D eigenvalue weighted by Gasteiger charge is -2.21. The summed E-state index contributed by atoms with van der Waals surface area (Å²) in [6, 6.07) is 7.23. The molecule has 1 fully saturated rings. The second-order valence-electron chi connectivity index (χ2n) is 5.86. The summed E-state index contributed by atoms with van der Waals surface area (Å²) in [6.07, 6.45) is 7.65. The van der Waals surface area contributed by atoms with Crippen LogP contribution in [0, 0.1) is 17.7 Å². The molecule has 1 saturated carbocycles. The zero-order chi connectivity index (χ0) is 13.5. The minimum absolute atomic E-state index is 0.0459. The van der Waals surface area contributed by atoms with Crippen molar-refractivity contribution >= 4 is 0 Å². The Kier molecular flexibility index (Phi) is 5.84. The van der Waals surface area contributed by atoms with E-state index < -0.39 is 0 Å². The van der Waals surface area contributed by atoms with Gasteiger partial charge in [0.05, 0.1) is 0 Å². The van der Waals surface area contributed by atoms with Gasteiger partial charge in [-0.25, -0.2) is 4.39 Å². The van der Waals surface area contributed by atoms with Crippen molar-refractivity contribution in [3.63, 3.8) is 0 Å². The van der Waals surface area contributed by atoms with Gasteiger partial charge in [-0.1, -0.05) is 50.8 Å².